The molecule has 0 aliphatic carbocycles. The fourth-order valence-corrected chi connectivity index (χ4v) is 3.69. The van der Waals surface area contributed by atoms with Crippen LogP contribution >= 0.6 is 11.3 Å². The van der Waals surface area contributed by atoms with Gasteiger partial charge in [-0.1, -0.05) is 11.2 Å². The highest BCUT2D eigenvalue weighted by Crippen LogP contribution is 2.28. The lowest BCUT2D eigenvalue weighted by molar-refractivity contribution is -0.115. The molecule has 8 heteroatoms. The average molecular weight is 356 g/mol. The standard InChI is InChI=1S/C17H16N4O3S/c22-16(19-7-11-2-1-4-18-6-11)15-13-8-21(9-14(13)24-20-15)17(23)12-3-5-25-10-12/h1-6,10,13-14H,7-9H2,(H,19,22)/t13-,14+/m0/s1. The number of fused-ring (bicyclic) bond motifs is 1. The smallest absolute Gasteiger partial charge is 0.269 e. The van der Waals surface area contributed by atoms with Gasteiger partial charge in [0.1, 0.15) is 0 Å². The predicted molar refractivity (Wildman–Crippen MR) is 92.1 cm³/mol. The molecule has 0 saturated carbocycles. The Bertz CT molecular complexity index is 807. The molecule has 2 aromatic heterocycles. The van der Waals surface area contributed by atoms with Crippen LogP contribution in [0.1, 0.15) is 15.9 Å². The lowest BCUT2D eigenvalue weighted by Gasteiger charge is -2.15. The minimum Gasteiger partial charge on any atom is -0.389 e. The Morgan fingerprint density at radius 1 is 1.36 bits per heavy atom. The van der Waals surface area contributed by atoms with Crippen molar-refractivity contribution in [3.8, 4) is 0 Å². The quantitative estimate of drug-likeness (QED) is 0.895. The lowest BCUT2D eigenvalue weighted by Crippen LogP contribution is -2.37. The maximum Gasteiger partial charge on any atom is 0.269 e. The Labute approximate surface area is 148 Å². The van der Waals surface area contributed by atoms with E-state index in [4.69, 9.17) is 4.84 Å². The van der Waals surface area contributed by atoms with E-state index in [0.717, 1.165) is 5.56 Å². The SMILES string of the molecule is O=C(NCc1cccnc1)C1=NO[C@@H]2CN(C(=O)c3ccsc3)C[C@H]12. The second-order valence-corrected chi connectivity index (χ2v) is 6.77. The van der Waals surface area contributed by atoms with Crippen molar-refractivity contribution in [2.45, 2.75) is 12.6 Å². The molecule has 1 fully saturated rings. The highest BCUT2D eigenvalue weighted by atomic mass is 32.1. The van der Waals surface area contributed by atoms with Gasteiger partial charge in [0.25, 0.3) is 11.8 Å². The zero-order chi connectivity index (χ0) is 17.2. The van der Waals surface area contributed by atoms with Crippen LogP contribution < -0.4 is 5.32 Å². The van der Waals surface area contributed by atoms with Crippen LogP contribution in [0.5, 0.6) is 0 Å². The number of hydrogen-bond donors (Lipinski definition) is 1. The molecule has 1 saturated heterocycles. The van der Waals surface area contributed by atoms with Crippen LogP contribution in [0.3, 0.4) is 0 Å². The molecule has 128 valence electrons. The summed E-state index contributed by atoms with van der Waals surface area (Å²) in [6, 6.07) is 5.51. The second kappa shape index (κ2) is 6.64. The number of thiophene rings is 1. The molecular formula is C17H16N4O3S. The maximum absolute atomic E-state index is 12.5. The van der Waals surface area contributed by atoms with Gasteiger partial charge in [0, 0.05) is 30.9 Å². The van der Waals surface area contributed by atoms with E-state index >= 15 is 0 Å². The van der Waals surface area contributed by atoms with Crippen molar-refractivity contribution in [3.05, 3.63) is 52.5 Å². The summed E-state index contributed by atoms with van der Waals surface area (Å²) in [6.07, 6.45) is 3.14. The highest BCUT2D eigenvalue weighted by molar-refractivity contribution is 7.08. The molecule has 0 radical (unpaired) electrons. The highest BCUT2D eigenvalue weighted by Gasteiger charge is 2.46. The van der Waals surface area contributed by atoms with Crippen LogP contribution in [0, 0.1) is 5.92 Å². The number of likely N-dealkylation sites (tertiary alicyclic amines) is 1. The fourth-order valence-electron chi connectivity index (χ4n) is 3.06. The van der Waals surface area contributed by atoms with Crippen LogP contribution in [-0.4, -0.2) is 46.6 Å². The first-order valence-electron chi connectivity index (χ1n) is 7.94. The summed E-state index contributed by atoms with van der Waals surface area (Å²) >= 11 is 1.49. The molecule has 0 bridgehead atoms. The summed E-state index contributed by atoms with van der Waals surface area (Å²) < 4.78 is 0. The van der Waals surface area contributed by atoms with Gasteiger partial charge in [-0.2, -0.15) is 11.3 Å². The number of carbonyl (C=O) groups excluding carboxylic acids is 2. The molecule has 7 nitrogen and oxygen atoms in total. The number of hydrogen-bond acceptors (Lipinski definition) is 6. The molecule has 2 amide bonds. The first-order chi connectivity index (χ1) is 12.2. The number of aromatic nitrogens is 1. The van der Waals surface area contributed by atoms with Crippen molar-refractivity contribution in [1.82, 2.24) is 15.2 Å². The molecule has 0 spiro atoms. The van der Waals surface area contributed by atoms with Gasteiger partial charge in [-0.3, -0.25) is 14.6 Å². The van der Waals surface area contributed by atoms with E-state index in [9.17, 15) is 9.59 Å². The first-order valence-corrected chi connectivity index (χ1v) is 8.89. The maximum atomic E-state index is 12.5. The molecular weight excluding hydrogens is 340 g/mol. The van der Waals surface area contributed by atoms with Gasteiger partial charge in [-0.05, 0) is 23.1 Å². The predicted octanol–water partition coefficient (Wildman–Crippen LogP) is 1.29. The number of nitrogens with zero attached hydrogens (tertiary/aromatic N) is 3. The summed E-state index contributed by atoms with van der Waals surface area (Å²) in [7, 11) is 0. The number of nitrogens with one attached hydrogen (secondary N) is 1. The van der Waals surface area contributed by atoms with E-state index in [1.807, 2.05) is 22.9 Å². The van der Waals surface area contributed by atoms with Crippen molar-refractivity contribution < 1.29 is 14.4 Å². The summed E-state index contributed by atoms with van der Waals surface area (Å²) in [6.45, 7) is 1.27. The minimum absolute atomic E-state index is 0.0330. The van der Waals surface area contributed by atoms with Crippen molar-refractivity contribution in [3.63, 3.8) is 0 Å². The normalized spacial score (nSPS) is 21.4. The summed E-state index contributed by atoms with van der Waals surface area (Å²) in [5.41, 5.74) is 1.94. The number of rotatable bonds is 4. The third-order valence-corrected chi connectivity index (χ3v) is 5.05. The Hall–Kier alpha value is -2.74. The average Bonchev–Trinajstić information content (AvgIpc) is 3.36. The van der Waals surface area contributed by atoms with Crippen molar-refractivity contribution in [2.24, 2.45) is 11.1 Å². The van der Waals surface area contributed by atoms with Crippen LogP contribution in [0.2, 0.25) is 0 Å². The molecule has 25 heavy (non-hydrogen) atoms. The van der Waals surface area contributed by atoms with E-state index in [1.165, 1.54) is 11.3 Å². The number of oxime groups is 1. The Morgan fingerprint density at radius 2 is 2.28 bits per heavy atom. The Morgan fingerprint density at radius 3 is 3.04 bits per heavy atom. The van der Waals surface area contributed by atoms with Gasteiger partial charge in [0.15, 0.2) is 11.8 Å². The Kier molecular flexibility index (Phi) is 4.19. The molecule has 4 heterocycles. The summed E-state index contributed by atoms with van der Waals surface area (Å²) in [5, 5.41) is 10.5. The largest absolute Gasteiger partial charge is 0.389 e. The second-order valence-electron chi connectivity index (χ2n) is 5.99. The van der Waals surface area contributed by atoms with Gasteiger partial charge in [0.2, 0.25) is 0 Å². The summed E-state index contributed by atoms with van der Waals surface area (Å²) in [5.74, 6) is -0.480. The van der Waals surface area contributed by atoms with E-state index in [1.54, 1.807) is 23.4 Å². The molecule has 1 N–H and O–H groups in total. The Balaban J connectivity index is 1.38. The monoisotopic (exact) mass is 356 g/mol. The van der Waals surface area contributed by atoms with Crippen LogP contribution in [-0.2, 0) is 16.2 Å². The minimum atomic E-state index is -0.263. The van der Waals surface area contributed by atoms with Crippen molar-refractivity contribution in [1.29, 1.82) is 0 Å². The molecule has 2 aliphatic heterocycles. The molecule has 2 aromatic rings. The summed E-state index contributed by atoms with van der Waals surface area (Å²) in [4.78, 5) is 36.0. The van der Waals surface area contributed by atoms with Crippen LogP contribution in [0.25, 0.3) is 0 Å². The van der Waals surface area contributed by atoms with Gasteiger partial charge < -0.3 is 15.1 Å². The molecule has 4 rings (SSSR count). The van der Waals surface area contributed by atoms with E-state index in [0.29, 0.717) is 30.9 Å². The van der Waals surface area contributed by atoms with Crippen molar-refractivity contribution in [2.75, 3.05) is 13.1 Å². The molecule has 0 unspecified atom stereocenters. The number of carbonyl (C=O) groups is 2. The third-order valence-electron chi connectivity index (χ3n) is 4.37. The van der Waals surface area contributed by atoms with Gasteiger partial charge in [-0.15, -0.1) is 0 Å². The van der Waals surface area contributed by atoms with Crippen molar-refractivity contribution >= 4 is 28.9 Å². The molecule has 0 aromatic carbocycles. The van der Waals surface area contributed by atoms with Gasteiger partial charge >= 0.3 is 0 Å². The molecule has 2 aliphatic rings. The number of amides is 2. The van der Waals surface area contributed by atoms with Gasteiger partial charge in [-0.25, -0.2) is 0 Å². The third kappa shape index (κ3) is 3.12. The first kappa shape index (κ1) is 15.8. The van der Waals surface area contributed by atoms with Crippen LogP contribution in [0.4, 0.5) is 0 Å². The number of pyridine rings is 1. The fraction of sp³-hybridized carbons (Fsp3) is 0.294. The zero-order valence-corrected chi connectivity index (χ0v) is 14.1. The lowest BCUT2D eigenvalue weighted by atomic mass is 10.0. The van der Waals surface area contributed by atoms with E-state index in [2.05, 4.69) is 15.5 Å². The van der Waals surface area contributed by atoms with E-state index < -0.39 is 0 Å². The van der Waals surface area contributed by atoms with E-state index in [-0.39, 0.29) is 23.8 Å². The molecule has 2 atom stereocenters. The van der Waals surface area contributed by atoms with Gasteiger partial charge in [0.05, 0.1) is 18.0 Å². The topological polar surface area (TPSA) is 83.9 Å². The van der Waals surface area contributed by atoms with Crippen LogP contribution in [0.15, 0.2) is 46.5 Å². The zero-order valence-electron chi connectivity index (χ0n) is 13.3.